The van der Waals surface area contributed by atoms with Crippen molar-refractivity contribution < 1.29 is 0 Å². The lowest BCUT2D eigenvalue weighted by Gasteiger charge is -2.16. The maximum Gasteiger partial charge on any atom is 0.179 e. The van der Waals surface area contributed by atoms with Crippen LogP contribution in [0, 0.1) is 5.92 Å². The minimum atomic E-state index is 0.461. The number of nitrogens with one attached hydrogen (secondary N) is 2. The fraction of sp³-hybridized carbons (Fsp3) is 0.533. The third kappa shape index (κ3) is 1.86. The fourth-order valence-electron chi connectivity index (χ4n) is 3.77. The lowest BCUT2D eigenvalue weighted by molar-refractivity contribution is 0.448. The van der Waals surface area contributed by atoms with Crippen LogP contribution in [0.4, 0.5) is 0 Å². The quantitative estimate of drug-likeness (QED) is 0.772. The van der Waals surface area contributed by atoms with Crippen LogP contribution in [0.2, 0.25) is 0 Å². The molecule has 2 N–H and O–H groups in total. The van der Waals surface area contributed by atoms with Crippen molar-refractivity contribution in [1.29, 1.82) is 0 Å². The van der Waals surface area contributed by atoms with Gasteiger partial charge >= 0.3 is 0 Å². The van der Waals surface area contributed by atoms with Crippen LogP contribution in [0.1, 0.15) is 37.9 Å². The van der Waals surface area contributed by atoms with Gasteiger partial charge in [-0.1, -0.05) is 13.3 Å². The van der Waals surface area contributed by atoms with Crippen molar-refractivity contribution in [3.05, 3.63) is 24.3 Å². The van der Waals surface area contributed by atoms with Crippen LogP contribution in [-0.4, -0.2) is 37.7 Å². The van der Waals surface area contributed by atoms with Gasteiger partial charge < -0.3 is 10.3 Å². The molecule has 1 aliphatic rings. The van der Waals surface area contributed by atoms with Crippen molar-refractivity contribution >= 4 is 16.8 Å². The number of nitrogens with zero attached hydrogens (tertiary/aromatic N) is 4. The first kappa shape index (κ1) is 12.8. The minimum absolute atomic E-state index is 0.461. The summed E-state index contributed by atoms with van der Waals surface area (Å²) in [4.78, 5) is 7.55. The Balaban J connectivity index is 1.88. The van der Waals surface area contributed by atoms with Crippen LogP contribution in [0.3, 0.4) is 0 Å². The monoisotopic (exact) mass is 284 g/mol. The Kier molecular flexibility index (Phi) is 2.92. The molecule has 0 aliphatic heterocycles. The van der Waals surface area contributed by atoms with Crippen molar-refractivity contribution in [2.75, 3.05) is 7.05 Å². The number of H-pyrrole nitrogens is 1. The summed E-state index contributed by atoms with van der Waals surface area (Å²) in [6.45, 7) is 2.27. The third-order valence-electron chi connectivity index (χ3n) is 4.93. The summed E-state index contributed by atoms with van der Waals surface area (Å²) in [6, 6.07) is 2.63. The van der Waals surface area contributed by atoms with E-state index in [0.717, 1.165) is 29.1 Å². The molecule has 110 valence electrons. The zero-order valence-electron chi connectivity index (χ0n) is 12.4. The van der Waals surface area contributed by atoms with Crippen molar-refractivity contribution in [2.45, 2.75) is 38.1 Å². The van der Waals surface area contributed by atoms with E-state index >= 15 is 0 Å². The second-order valence-electron chi connectivity index (χ2n) is 5.95. The van der Waals surface area contributed by atoms with Gasteiger partial charge in [0.25, 0.3) is 0 Å². The SMILES string of the molecule is CC[C@@H]1CC(NC)C[C@@H]1c1nnc2cnc3[nH]ccc3n12. The number of rotatable bonds is 3. The Hall–Kier alpha value is -1.95. The third-order valence-corrected chi connectivity index (χ3v) is 4.93. The molecule has 0 radical (unpaired) electrons. The van der Waals surface area contributed by atoms with Gasteiger partial charge in [-0.3, -0.25) is 4.40 Å². The van der Waals surface area contributed by atoms with Gasteiger partial charge in [0.1, 0.15) is 5.82 Å². The van der Waals surface area contributed by atoms with E-state index in [1.165, 1.54) is 12.8 Å². The van der Waals surface area contributed by atoms with Gasteiger partial charge in [0, 0.05) is 18.2 Å². The summed E-state index contributed by atoms with van der Waals surface area (Å²) in [6.07, 6.45) is 7.24. The zero-order valence-corrected chi connectivity index (χ0v) is 12.4. The minimum Gasteiger partial charge on any atom is -0.345 e. The standard InChI is InChI=1S/C15H20N6/c1-3-9-6-10(16-2)7-11(9)15-20-19-13-8-18-14-12(21(13)15)4-5-17-14/h4-5,8-11,16-17H,3,6-7H2,1-2H3/t9-,10?,11+/m1/s1. The predicted molar refractivity (Wildman–Crippen MR) is 81.2 cm³/mol. The molecule has 1 fully saturated rings. The first-order chi connectivity index (χ1) is 10.3. The summed E-state index contributed by atoms with van der Waals surface area (Å²) in [5, 5.41) is 12.3. The first-order valence-corrected chi connectivity index (χ1v) is 7.66. The second-order valence-corrected chi connectivity index (χ2v) is 5.95. The molecule has 3 atom stereocenters. The molecule has 1 aliphatic carbocycles. The fourth-order valence-corrected chi connectivity index (χ4v) is 3.77. The zero-order chi connectivity index (χ0) is 14.4. The molecule has 1 unspecified atom stereocenters. The molecule has 3 aromatic heterocycles. The van der Waals surface area contributed by atoms with Crippen LogP contribution in [0.25, 0.3) is 16.8 Å². The van der Waals surface area contributed by atoms with Gasteiger partial charge in [-0.25, -0.2) is 4.98 Å². The normalized spacial score (nSPS) is 26.1. The smallest absolute Gasteiger partial charge is 0.179 e. The Labute approximate surface area is 123 Å². The topological polar surface area (TPSA) is 70.9 Å². The van der Waals surface area contributed by atoms with E-state index in [1.54, 1.807) is 6.20 Å². The number of fused-ring (bicyclic) bond motifs is 3. The summed E-state index contributed by atoms with van der Waals surface area (Å²) < 4.78 is 2.17. The molecule has 6 nitrogen and oxygen atoms in total. The maximum atomic E-state index is 4.51. The molecule has 0 spiro atoms. The van der Waals surface area contributed by atoms with Crippen LogP contribution in [-0.2, 0) is 0 Å². The predicted octanol–water partition coefficient (Wildman–Crippen LogP) is 2.10. The number of hydrogen-bond acceptors (Lipinski definition) is 4. The molecular weight excluding hydrogens is 264 g/mol. The highest BCUT2D eigenvalue weighted by Gasteiger charge is 2.36. The average Bonchev–Trinajstić information content (AvgIpc) is 3.22. The summed E-state index contributed by atoms with van der Waals surface area (Å²) >= 11 is 0. The van der Waals surface area contributed by atoms with Crippen molar-refractivity contribution in [3.63, 3.8) is 0 Å². The Morgan fingerprint density at radius 1 is 1.38 bits per heavy atom. The molecule has 4 rings (SSSR count). The molecular formula is C15H20N6. The number of aromatic amines is 1. The lowest BCUT2D eigenvalue weighted by atomic mass is 9.93. The highest BCUT2D eigenvalue weighted by atomic mass is 15.3. The summed E-state index contributed by atoms with van der Waals surface area (Å²) in [7, 11) is 2.05. The van der Waals surface area contributed by atoms with Gasteiger partial charge in [0.2, 0.25) is 0 Å². The van der Waals surface area contributed by atoms with Crippen molar-refractivity contribution in [2.24, 2.45) is 5.92 Å². The highest BCUT2D eigenvalue weighted by molar-refractivity contribution is 5.74. The van der Waals surface area contributed by atoms with Crippen LogP contribution in [0.15, 0.2) is 18.5 Å². The Morgan fingerprint density at radius 2 is 2.29 bits per heavy atom. The van der Waals surface area contributed by atoms with Crippen LogP contribution in [0.5, 0.6) is 0 Å². The van der Waals surface area contributed by atoms with E-state index in [9.17, 15) is 0 Å². The molecule has 3 heterocycles. The van der Waals surface area contributed by atoms with Crippen molar-refractivity contribution in [3.8, 4) is 0 Å². The lowest BCUT2D eigenvalue weighted by Crippen LogP contribution is -2.21. The van der Waals surface area contributed by atoms with E-state index in [0.29, 0.717) is 17.9 Å². The van der Waals surface area contributed by atoms with E-state index in [-0.39, 0.29) is 0 Å². The molecule has 6 heteroatoms. The molecule has 3 aromatic rings. The number of hydrogen-bond donors (Lipinski definition) is 2. The summed E-state index contributed by atoms with van der Waals surface area (Å²) in [5.41, 5.74) is 2.79. The molecule has 0 amide bonds. The van der Waals surface area contributed by atoms with Crippen LogP contribution >= 0.6 is 0 Å². The van der Waals surface area contributed by atoms with E-state index in [4.69, 9.17) is 0 Å². The molecule has 0 saturated heterocycles. The summed E-state index contributed by atoms with van der Waals surface area (Å²) in [5.74, 6) is 2.21. The van der Waals surface area contributed by atoms with Gasteiger partial charge in [-0.15, -0.1) is 10.2 Å². The maximum absolute atomic E-state index is 4.51. The average molecular weight is 284 g/mol. The van der Waals surface area contributed by atoms with Gasteiger partial charge in [-0.2, -0.15) is 0 Å². The van der Waals surface area contributed by atoms with Gasteiger partial charge in [0.05, 0.1) is 11.7 Å². The van der Waals surface area contributed by atoms with Gasteiger partial charge in [-0.05, 0) is 31.9 Å². The molecule has 1 saturated carbocycles. The molecule has 0 bridgehead atoms. The van der Waals surface area contributed by atoms with Gasteiger partial charge in [0.15, 0.2) is 11.3 Å². The van der Waals surface area contributed by atoms with Crippen molar-refractivity contribution in [1.82, 2.24) is 29.9 Å². The highest BCUT2D eigenvalue weighted by Crippen LogP contribution is 2.41. The van der Waals surface area contributed by atoms with E-state index in [1.807, 2.05) is 12.3 Å². The largest absolute Gasteiger partial charge is 0.345 e. The number of aromatic nitrogens is 5. The second kappa shape index (κ2) is 4.80. The van der Waals surface area contributed by atoms with Crippen LogP contribution < -0.4 is 5.32 Å². The molecule has 0 aromatic carbocycles. The molecule has 21 heavy (non-hydrogen) atoms. The first-order valence-electron chi connectivity index (χ1n) is 7.66. The Bertz CT molecular complexity index is 773. The Morgan fingerprint density at radius 3 is 3.10 bits per heavy atom. The van der Waals surface area contributed by atoms with E-state index < -0.39 is 0 Å². The van der Waals surface area contributed by atoms with E-state index in [2.05, 4.69) is 43.9 Å².